The van der Waals surface area contributed by atoms with Crippen molar-refractivity contribution in [3.05, 3.63) is 77.8 Å². The molecule has 0 saturated heterocycles. The Hall–Kier alpha value is -3.08. The molecule has 4 nitrogen and oxygen atoms in total. The molecule has 0 radical (unpaired) electrons. The van der Waals surface area contributed by atoms with Gasteiger partial charge in [0.15, 0.2) is 5.76 Å². The number of furan rings is 1. The number of amides is 1. The fraction of sp³-hybridized carbons (Fsp3) is 0.105. The lowest BCUT2D eigenvalue weighted by Gasteiger charge is -2.08. The summed E-state index contributed by atoms with van der Waals surface area (Å²) in [7, 11) is 1.58. The Morgan fingerprint density at radius 3 is 2.62 bits per heavy atom. The van der Waals surface area contributed by atoms with Gasteiger partial charge in [0.05, 0.1) is 12.7 Å². The highest BCUT2D eigenvalue weighted by Crippen LogP contribution is 2.25. The molecule has 1 heterocycles. The molecule has 3 rings (SSSR count). The van der Waals surface area contributed by atoms with E-state index in [2.05, 4.69) is 5.32 Å². The van der Waals surface area contributed by atoms with Crippen molar-refractivity contribution in [2.45, 2.75) is 6.54 Å². The van der Waals surface area contributed by atoms with E-state index in [4.69, 9.17) is 9.15 Å². The molecular weight excluding hydrogens is 309 g/mol. The van der Waals surface area contributed by atoms with E-state index < -0.39 is 5.82 Å². The van der Waals surface area contributed by atoms with Crippen molar-refractivity contribution >= 4 is 5.91 Å². The van der Waals surface area contributed by atoms with E-state index in [0.29, 0.717) is 23.6 Å². The van der Waals surface area contributed by atoms with E-state index in [0.717, 1.165) is 5.56 Å². The van der Waals surface area contributed by atoms with E-state index in [9.17, 15) is 9.18 Å². The van der Waals surface area contributed by atoms with Crippen LogP contribution in [0, 0.1) is 5.82 Å². The third kappa shape index (κ3) is 3.30. The Bertz CT molecular complexity index is 857. The van der Waals surface area contributed by atoms with Crippen LogP contribution in [0.25, 0.3) is 11.3 Å². The number of benzene rings is 2. The minimum atomic E-state index is -0.396. The van der Waals surface area contributed by atoms with Gasteiger partial charge in [0.1, 0.15) is 17.3 Å². The Balaban J connectivity index is 1.71. The lowest BCUT2D eigenvalue weighted by atomic mass is 10.1. The van der Waals surface area contributed by atoms with E-state index in [1.54, 1.807) is 31.4 Å². The average molecular weight is 325 g/mol. The summed E-state index contributed by atoms with van der Waals surface area (Å²) >= 11 is 0. The number of nitrogens with one attached hydrogen (secondary N) is 1. The number of carbonyl (C=O) groups excluding carboxylic acids is 1. The molecule has 0 bridgehead atoms. The van der Waals surface area contributed by atoms with Crippen LogP contribution >= 0.6 is 0 Å². The number of para-hydroxylation sites is 1. The summed E-state index contributed by atoms with van der Waals surface area (Å²) in [5.41, 5.74) is 1.18. The lowest BCUT2D eigenvalue weighted by Crippen LogP contribution is -2.22. The highest BCUT2D eigenvalue weighted by Gasteiger charge is 2.14. The molecule has 0 fully saturated rings. The van der Waals surface area contributed by atoms with Gasteiger partial charge >= 0.3 is 0 Å². The molecule has 122 valence electrons. The van der Waals surface area contributed by atoms with Gasteiger partial charge in [-0.05, 0) is 30.3 Å². The second kappa shape index (κ2) is 7.00. The second-order valence-electron chi connectivity index (χ2n) is 5.14. The molecule has 1 amide bonds. The summed E-state index contributed by atoms with van der Waals surface area (Å²) in [4.78, 5) is 12.2. The summed E-state index contributed by atoms with van der Waals surface area (Å²) < 4.78 is 24.5. The normalized spacial score (nSPS) is 10.4. The van der Waals surface area contributed by atoms with Crippen LogP contribution in [0.2, 0.25) is 0 Å². The van der Waals surface area contributed by atoms with Gasteiger partial charge in [0, 0.05) is 12.1 Å². The van der Waals surface area contributed by atoms with Gasteiger partial charge in [-0.3, -0.25) is 4.79 Å². The Morgan fingerprint density at radius 2 is 1.83 bits per heavy atom. The third-order valence-corrected chi connectivity index (χ3v) is 3.60. The first-order valence-electron chi connectivity index (χ1n) is 7.44. The molecule has 0 aliphatic heterocycles. The van der Waals surface area contributed by atoms with Crippen molar-refractivity contribution in [3.8, 4) is 17.1 Å². The summed E-state index contributed by atoms with van der Waals surface area (Å²) in [5.74, 6) is 0.374. The smallest absolute Gasteiger partial charge is 0.287 e. The average Bonchev–Trinajstić information content (AvgIpc) is 3.10. The Labute approximate surface area is 138 Å². The molecule has 24 heavy (non-hydrogen) atoms. The number of carbonyl (C=O) groups is 1. The molecule has 0 aliphatic carbocycles. The fourth-order valence-corrected chi connectivity index (χ4v) is 2.38. The molecule has 0 spiro atoms. The molecule has 1 aromatic heterocycles. The molecule has 0 aliphatic rings. The third-order valence-electron chi connectivity index (χ3n) is 3.60. The number of hydrogen-bond donors (Lipinski definition) is 1. The van der Waals surface area contributed by atoms with Crippen LogP contribution in [0.15, 0.2) is 65.1 Å². The molecule has 1 N–H and O–H groups in total. The van der Waals surface area contributed by atoms with E-state index >= 15 is 0 Å². The first-order valence-corrected chi connectivity index (χ1v) is 7.44. The predicted octanol–water partition coefficient (Wildman–Crippen LogP) is 4.02. The quantitative estimate of drug-likeness (QED) is 0.771. The molecule has 3 aromatic rings. The SMILES string of the molecule is COc1ccccc1CNC(=O)c1ccc(-c2ccccc2F)o1. The lowest BCUT2D eigenvalue weighted by molar-refractivity contribution is 0.0923. The topological polar surface area (TPSA) is 51.5 Å². The van der Waals surface area contributed by atoms with Gasteiger partial charge in [-0.1, -0.05) is 30.3 Å². The number of rotatable bonds is 5. The minimum Gasteiger partial charge on any atom is -0.496 e. The van der Waals surface area contributed by atoms with Crippen molar-refractivity contribution in [2.24, 2.45) is 0 Å². The molecule has 5 heteroatoms. The molecule has 2 aromatic carbocycles. The Kier molecular flexibility index (Phi) is 4.61. The zero-order valence-corrected chi connectivity index (χ0v) is 13.1. The van der Waals surface area contributed by atoms with Gasteiger partial charge in [-0.25, -0.2) is 4.39 Å². The van der Waals surface area contributed by atoms with Crippen LogP contribution in [0.5, 0.6) is 5.75 Å². The maximum Gasteiger partial charge on any atom is 0.287 e. The number of ether oxygens (including phenoxy) is 1. The summed E-state index contributed by atoms with van der Waals surface area (Å²) in [6.07, 6.45) is 0. The summed E-state index contributed by atoms with van der Waals surface area (Å²) in [6, 6.07) is 16.8. The minimum absolute atomic E-state index is 0.128. The summed E-state index contributed by atoms with van der Waals surface area (Å²) in [6.45, 7) is 0.304. The van der Waals surface area contributed by atoms with E-state index in [-0.39, 0.29) is 11.7 Å². The number of halogens is 1. The standard InChI is InChI=1S/C19H16FNO3/c1-23-16-9-5-2-6-13(16)12-21-19(22)18-11-10-17(24-18)14-7-3-4-8-15(14)20/h2-11H,12H2,1H3,(H,21,22). The van der Waals surface area contributed by atoms with Gasteiger partial charge < -0.3 is 14.5 Å². The van der Waals surface area contributed by atoms with Gasteiger partial charge in [-0.2, -0.15) is 0 Å². The van der Waals surface area contributed by atoms with Crippen LogP contribution < -0.4 is 10.1 Å². The van der Waals surface area contributed by atoms with Crippen molar-refractivity contribution < 1.29 is 18.3 Å². The van der Waals surface area contributed by atoms with Crippen molar-refractivity contribution in [2.75, 3.05) is 7.11 Å². The van der Waals surface area contributed by atoms with Crippen LogP contribution in [0.4, 0.5) is 4.39 Å². The van der Waals surface area contributed by atoms with E-state index in [1.165, 1.54) is 12.1 Å². The maximum atomic E-state index is 13.8. The summed E-state index contributed by atoms with van der Waals surface area (Å²) in [5, 5.41) is 2.76. The molecular formula is C19H16FNO3. The second-order valence-corrected chi connectivity index (χ2v) is 5.14. The van der Waals surface area contributed by atoms with Crippen molar-refractivity contribution in [1.29, 1.82) is 0 Å². The molecule has 0 atom stereocenters. The van der Waals surface area contributed by atoms with Crippen LogP contribution in [-0.2, 0) is 6.54 Å². The monoisotopic (exact) mass is 325 g/mol. The highest BCUT2D eigenvalue weighted by molar-refractivity contribution is 5.92. The van der Waals surface area contributed by atoms with Gasteiger partial charge in [0.2, 0.25) is 0 Å². The van der Waals surface area contributed by atoms with E-state index in [1.807, 2.05) is 24.3 Å². The largest absolute Gasteiger partial charge is 0.496 e. The predicted molar refractivity (Wildman–Crippen MR) is 88.3 cm³/mol. The van der Waals surface area contributed by atoms with Crippen LogP contribution in [-0.4, -0.2) is 13.0 Å². The zero-order chi connectivity index (χ0) is 16.9. The van der Waals surface area contributed by atoms with Gasteiger partial charge in [-0.15, -0.1) is 0 Å². The number of hydrogen-bond acceptors (Lipinski definition) is 3. The number of methoxy groups -OCH3 is 1. The van der Waals surface area contributed by atoms with Crippen LogP contribution in [0.3, 0.4) is 0 Å². The first kappa shape index (κ1) is 15.8. The van der Waals surface area contributed by atoms with Crippen molar-refractivity contribution in [1.82, 2.24) is 5.32 Å². The fourth-order valence-electron chi connectivity index (χ4n) is 2.38. The van der Waals surface area contributed by atoms with Crippen LogP contribution in [0.1, 0.15) is 16.1 Å². The zero-order valence-electron chi connectivity index (χ0n) is 13.1. The van der Waals surface area contributed by atoms with Crippen molar-refractivity contribution in [3.63, 3.8) is 0 Å². The van der Waals surface area contributed by atoms with Gasteiger partial charge in [0.25, 0.3) is 5.91 Å². The Morgan fingerprint density at radius 1 is 1.08 bits per heavy atom. The highest BCUT2D eigenvalue weighted by atomic mass is 19.1. The molecule has 0 saturated carbocycles. The molecule has 0 unspecified atom stereocenters. The first-order chi connectivity index (χ1) is 11.7. The maximum absolute atomic E-state index is 13.8.